The topological polar surface area (TPSA) is 95.5 Å². The van der Waals surface area contributed by atoms with E-state index in [0.717, 1.165) is 11.8 Å². The van der Waals surface area contributed by atoms with E-state index in [2.05, 4.69) is 10.6 Å². The monoisotopic (exact) mass is 266 g/mol. The highest BCUT2D eigenvalue weighted by Gasteiger charge is 2.33. The number of imide groups is 1. The lowest BCUT2D eigenvalue weighted by Crippen LogP contribution is -2.27. The third-order valence-corrected chi connectivity index (χ3v) is 3.27. The Labute approximate surface area is 107 Å². The Kier molecular flexibility index (Phi) is 3.52. The number of thioether (sulfide) groups is 1. The molecule has 1 heterocycles. The summed E-state index contributed by atoms with van der Waals surface area (Å²) in [6.45, 7) is 0. The quantitative estimate of drug-likeness (QED) is 0.711. The highest BCUT2D eigenvalue weighted by molar-refractivity contribution is 8.15. The molecule has 1 aromatic carbocycles. The summed E-state index contributed by atoms with van der Waals surface area (Å²) in [6, 6.07) is 5.97. The summed E-state index contributed by atoms with van der Waals surface area (Å²) in [5, 5.41) is 12.7. The van der Waals surface area contributed by atoms with Crippen LogP contribution in [-0.4, -0.2) is 27.4 Å². The van der Waals surface area contributed by atoms with E-state index in [9.17, 15) is 14.4 Å². The molecule has 1 saturated heterocycles. The average Bonchev–Trinajstić information content (AvgIpc) is 2.61. The maximum Gasteiger partial charge on any atom is 0.286 e. The number of hydrogen-bond donors (Lipinski definition) is 3. The predicted molar refractivity (Wildman–Crippen MR) is 66.3 cm³/mol. The molecule has 1 aliphatic rings. The molecule has 2 rings (SSSR count). The largest absolute Gasteiger partial charge is 0.508 e. The summed E-state index contributed by atoms with van der Waals surface area (Å²) < 4.78 is 0. The van der Waals surface area contributed by atoms with Crippen LogP contribution < -0.4 is 10.6 Å². The zero-order valence-electron chi connectivity index (χ0n) is 9.17. The lowest BCUT2D eigenvalue weighted by atomic mass is 10.2. The fourth-order valence-corrected chi connectivity index (χ4v) is 2.27. The standard InChI is InChI=1S/C11H10N2O4S/c14-7-3-1-6(2-4-7)12-9(15)5-8-10(16)13-11(17)18-8/h1-4,8,14H,5H2,(H,12,15)(H,13,16,17)/t8-/m1/s1. The summed E-state index contributed by atoms with van der Waals surface area (Å²) in [7, 11) is 0. The summed E-state index contributed by atoms with van der Waals surface area (Å²) in [5.74, 6) is -0.696. The van der Waals surface area contributed by atoms with E-state index in [0.29, 0.717) is 5.69 Å². The van der Waals surface area contributed by atoms with Crippen molar-refractivity contribution in [2.75, 3.05) is 5.32 Å². The van der Waals surface area contributed by atoms with Gasteiger partial charge in [-0.25, -0.2) is 0 Å². The van der Waals surface area contributed by atoms with Gasteiger partial charge in [-0.2, -0.15) is 0 Å². The molecule has 18 heavy (non-hydrogen) atoms. The maximum atomic E-state index is 11.6. The molecule has 0 radical (unpaired) electrons. The van der Waals surface area contributed by atoms with Crippen LogP contribution in [-0.2, 0) is 9.59 Å². The van der Waals surface area contributed by atoms with Gasteiger partial charge in [0.15, 0.2) is 0 Å². The predicted octanol–water partition coefficient (Wildman–Crippen LogP) is 1.07. The summed E-state index contributed by atoms with van der Waals surface area (Å²) in [6.07, 6.45) is -0.0664. The minimum absolute atomic E-state index is 0.0664. The van der Waals surface area contributed by atoms with E-state index in [1.165, 1.54) is 12.1 Å². The van der Waals surface area contributed by atoms with E-state index >= 15 is 0 Å². The molecule has 3 N–H and O–H groups in total. The van der Waals surface area contributed by atoms with Crippen molar-refractivity contribution in [3.63, 3.8) is 0 Å². The van der Waals surface area contributed by atoms with Crippen molar-refractivity contribution in [2.24, 2.45) is 0 Å². The molecule has 0 spiro atoms. The second-order valence-corrected chi connectivity index (χ2v) is 4.86. The lowest BCUT2D eigenvalue weighted by molar-refractivity contribution is -0.122. The number of aromatic hydroxyl groups is 1. The minimum Gasteiger partial charge on any atom is -0.508 e. The SMILES string of the molecule is O=C(C[C@H]1SC(=O)NC1=O)Nc1ccc(O)cc1. The van der Waals surface area contributed by atoms with Gasteiger partial charge in [0.05, 0.1) is 0 Å². The van der Waals surface area contributed by atoms with Crippen molar-refractivity contribution in [1.29, 1.82) is 0 Å². The first-order valence-electron chi connectivity index (χ1n) is 5.15. The number of carbonyl (C=O) groups is 3. The van der Waals surface area contributed by atoms with Gasteiger partial charge >= 0.3 is 0 Å². The molecule has 0 aliphatic carbocycles. The average molecular weight is 266 g/mol. The number of carbonyl (C=O) groups excluding carboxylic acids is 3. The van der Waals surface area contributed by atoms with Crippen LogP contribution in [0.25, 0.3) is 0 Å². The molecule has 1 aromatic rings. The van der Waals surface area contributed by atoms with E-state index in [4.69, 9.17) is 5.11 Å². The van der Waals surface area contributed by atoms with Crippen molar-refractivity contribution in [1.82, 2.24) is 5.32 Å². The molecule has 0 bridgehead atoms. The Morgan fingerprint density at radius 3 is 2.56 bits per heavy atom. The molecule has 1 atom stereocenters. The molecule has 7 heteroatoms. The van der Waals surface area contributed by atoms with E-state index in [1.54, 1.807) is 12.1 Å². The zero-order valence-corrected chi connectivity index (χ0v) is 9.99. The van der Waals surface area contributed by atoms with Gasteiger partial charge in [-0.15, -0.1) is 0 Å². The fourth-order valence-electron chi connectivity index (χ4n) is 1.45. The lowest BCUT2D eigenvalue weighted by Gasteiger charge is -2.07. The third-order valence-electron chi connectivity index (χ3n) is 2.29. The molecule has 6 nitrogen and oxygen atoms in total. The van der Waals surface area contributed by atoms with Gasteiger partial charge in [-0.05, 0) is 24.3 Å². The van der Waals surface area contributed by atoms with Crippen molar-refractivity contribution in [2.45, 2.75) is 11.7 Å². The van der Waals surface area contributed by atoms with Gasteiger partial charge < -0.3 is 10.4 Å². The molecule has 1 fully saturated rings. The first-order valence-corrected chi connectivity index (χ1v) is 6.03. The summed E-state index contributed by atoms with van der Waals surface area (Å²) >= 11 is 0.815. The molecular formula is C11H10N2O4S. The first-order chi connectivity index (χ1) is 8.54. The fraction of sp³-hybridized carbons (Fsp3) is 0.182. The molecule has 94 valence electrons. The molecule has 3 amide bonds. The second-order valence-electron chi connectivity index (χ2n) is 3.68. The van der Waals surface area contributed by atoms with Crippen molar-refractivity contribution in [3.8, 4) is 5.75 Å². The van der Waals surface area contributed by atoms with Gasteiger partial charge in [0, 0.05) is 12.1 Å². The number of anilines is 1. The number of amides is 3. The highest BCUT2D eigenvalue weighted by atomic mass is 32.2. The minimum atomic E-state index is -0.672. The van der Waals surface area contributed by atoms with Crippen LogP contribution in [0.15, 0.2) is 24.3 Å². The molecule has 1 aliphatic heterocycles. The Morgan fingerprint density at radius 2 is 2.00 bits per heavy atom. The number of nitrogens with one attached hydrogen (secondary N) is 2. The molecule has 0 saturated carbocycles. The summed E-state index contributed by atoms with van der Waals surface area (Å²) in [4.78, 5) is 33.8. The number of hydrogen-bond acceptors (Lipinski definition) is 5. The number of benzene rings is 1. The Hall–Kier alpha value is -2.02. The summed E-state index contributed by atoms with van der Waals surface area (Å²) in [5.41, 5.74) is 0.521. The van der Waals surface area contributed by atoms with Crippen molar-refractivity contribution in [3.05, 3.63) is 24.3 Å². The van der Waals surface area contributed by atoms with Crippen molar-refractivity contribution >= 4 is 34.5 Å². The number of rotatable bonds is 3. The van der Waals surface area contributed by atoms with Gasteiger partial charge in [0.25, 0.3) is 5.24 Å². The van der Waals surface area contributed by atoms with Gasteiger partial charge in [0.1, 0.15) is 11.0 Å². The Bertz CT molecular complexity index is 500. The second kappa shape index (κ2) is 5.09. The Morgan fingerprint density at radius 1 is 1.33 bits per heavy atom. The van der Waals surface area contributed by atoms with Gasteiger partial charge in [0.2, 0.25) is 11.8 Å². The van der Waals surface area contributed by atoms with Crippen LogP contribution in [0.5, 0.6) is 5.75 Å². The third kappa shape index (κ3) is 3.01. The van der Waals surface area contributed by atoms with Crippen LogP contribution in [0.1, 0.15) is 6.42 Å². The zero-order chi connectivity index (χ0) is 13.1. The first kappa shape index (κ1) is 12.4. The van der Waals surface area contributed by atoms with Crippen LogP contribution in [0.3, 0.4) is 0 Å². The van der Waals surface area contributed by atoms with E-state index in [1.807, 2.05) is 0 Å². The highest BCUT2D eigenvalue weighted by Crippen LogP contribution is 2.22. The number of phenols is 1. The number of phenolic OH excluding ortho intramolecular Hbond substituents is 1. The van der Waals surface area contributed by atoms with Gasteiger partial charge in [-0.1, -0.05) is 11.8 Å². The smallest absolute Gasteiger partial charge is 0.286 e. The molecule has 0 aromatic heterocycles. The van der Waals surface area contributed by atoms with Crippen LogP contribution in [0, 0.1) is 0 Å². The molecular weight excluding hydrogens is 256 g/mol. The van der Waals surface area contributed by atoms with Crippen LogP contribution in [0.4, 0.5) is 10.5 Å². The maximum absolute atomic E-state index is 11.6. The molecule has 0 unspecified atom stereocenters. The van der Waals surface area contributed by atoms with E-state index < -0.39 is 16.4 Å². The van der Waals surface area contributed by atoms with Crippen LogP contribution in [0.2, 0.25) is 0 Å². The van der Waals surface area contributed by atoms with Crippen LogP contribution >= 0.6 is 11.8 Å². The van der Waals surface area contributed by atoms with Crippen molar-refractivity contribution < 1.29 is 19.5 Å². The normalized spacial score (nSPS) is 18.6. The van der Waals surface area contributed by atoms with Gasteiger partial charge in [-0.3, -0.25) is 19.7 Å². The van der Waals surface area contributed by atoms with E-state index in [-0.39, 0.29) is 18.1 Å². The Balaban J connectivity index is 1.91.